The summed E-state index contributed by atoms with van der Waals surface area (Å²) >= 11 is 0. The van der Waals surface area contributed by atoms with Crippen LogP contribution in [0.5, 0.6) is 0 Å². The lowest BCUT2D eigenvalue weighted by Crippen LogP contribution is -2.51. The van der Waals surface area contributed by atoms with Crippen molar-refractivity contribution in [1.29, 1.82) is 0 Å². The molecule has 2 atom stereocenters. The third-order valence-electron chi connectivity index (χ3n) is 12.1. The summed E-state index contributed by atoms with van der Waals surface area (Å²) in [4.78, 5) is 53.0. The standard InChI is InChI=1S/2C18H15S.C14H27F2NO6Si.C9H19NO3Si.C5H8F2O3/c2*1-4-10-16(11-5-1)19(17-12-6-2-7-13-17)18-14-8-3-9-15-18;1-5-11(14(15,16)12(18)19)23-13(20)17-9-8-10-24(4,21-6-2)22-7-3;1-4-12-14(3,13-5-2)8-6-7-10-9-11;1-2-3(8)5(6,7)4(9)10/h2*1-15H;11H,5-10H2,1-4H3,(H,17,20)(H,18,19);4-8H2,1-3H3;3,8H,2H2,1H3,(H,9,10)/q2*+1;;;/p-2. The molecule has 6 rings (SSSR count). The van der Waals surface area contributed by atoms with Crippen LogP contribution >= 0.6 is 0 Å². The molecule has 468 valence electrons. The highest BCUT2D eigenvalue weighted by molar-refractivity contribution is 7.97. The average molecular weight is 1270 g/mol. The van der Waals surface area contributed by atoms with Crippen molar-refractivity contribution < 1.29 is 74.5 Å². The van der Waals surface area contributed by atoms with E-state index in [1.54, 1.807) is 0 Å². The van der Waals surface area contributed by atoms with Gasteiger partial charge in [0.05, 0.1) is 28.3 Å². The lowest BCUT2D eigenvalue weighted by molar-refractivity contribution is -0.336. The maximum absolute atomic E-state index is 13.3. The second kappa shape index (κ2) is 41.6. The van der Waals surface area contributed by atoms with E-state index in [0.29, 0.717) is 45.4 Å². The molecule has 0 saturated carbocycles. The van der Waals surface area contributed by atoms with Gasteiger partial charge in [-0.2, -0.15) is 17.6 Å². The van der Waals surface area contributed by atoms with Crippen molar-refractivity contribution in [3.8, 4) is 0 Å². The third-order valence-corrected chi connectivity index (χ3v) is 22.7. The highest BCUT2D eigenvalue weighted by Crippen LogP contribution is 2.32. The normalized spacial score (nSPS) is 11.9. The van der Waals surface area contributed by atoms with Gasteiger partial charge in [0, 0.05) is 33.0 Å². The molecule has 0 aliphatic heterocycles. The number of rotatable bonds is 29. The van der Waals surface area contributed by atoms with Crippen LogP contribution in [-0.2, 0) is 58.6 Å². The van der Waals surface area contributed by atoms with Gasteiger partial charge in [-0.1, -0.05) is 123 Å². The number of carboxylic acids is 2. The van der Waals surface area contributed by atoms with E-state index in [9.17, 15) is 47.0 Å². The van der Waals surface area contributed by atoms with Gasteiger partial charge in [0.15, 0.2) is 35.5 Å². The van der Waals surface area contributed by atoms with Gasteiger partial charge < -0.3 is 52.7 Å². The Hall–Kier alpha value is -6.44. The van der Waals surface area contributed by atoms with E-state index in [1.807, 2.05) is 40.8 Å². The zero-order valence-corrected chi connectivity index (χ0v) is 53.8. The van der Waals surface area contributed by atoms with Crippen molar-refractivity contribution in [1.82, 2.24) is 5.32 Å². The van der Waals surface area contributed by atoms with Crippen molar-refractivity contribution >= 4 is 63.0 Å². The molecule has 1 amide bonds. The molecule has 2 N–H and O–H groups in total. The summed E-state index contributed by atoms with van der Waals surface area (Å²) in [5.74, 6) is -13.5. The number of carboxylic acid groups (broad SMARTS) is 2. The fourth-order valence-electron chi connectivity index (χ4n) is 7.98. The molecule has 6 aromatic carbocycles. The number of aliphatic hydroxyl groups is 1. The number of ether oxygens (including phenoxy) is 1. The van der Waals surface area contributed by atoms with Gasteiger partial charge in [0.1, 0.15) is 18.0 Å². The van der Waals surface area contributed by atoms with Crippen molar-refractivity contribution in [3.05, 3.63) is 182 Å². The molecule has 86 heavy (non-hydrogen) atoms. The minimum absolute atomic E-state index is 0.0146. The summed E-state index contributed by atoms with van der Waals surface area (Å²) in [6.07, 6.45) is -3.12. The Kier molecular flexibility index (Phi) is 36.6. The van der Waals surface area contributed by atoms with Crippen LogP contribution < -0.4 is 15.5 Å². The first-order valence-electron chi connectivity index (χ1n) is 28.3. The van der Waals surface area contributed by atoms with Gasteiger partial charge in [-0.05, 0) is 151 Å². The minimum Gasteiger partial charge on any atom is -0.544 e. The molecule has 14 nitrogen and oxygen atoms in total. The number of benzene rings is 6. The number of alkyl carbamates (subject to hydrolysis) is 1. The van der Waals surface area contributed by atoms with Crippen molar-refractivity contribution in [2.75, 3.05) is 39.5 Å². The Morgan fingerprint density at radius 1 is 0.523 bits per heavy atom. The molecule has 22 heteroatoms. The molecule has 2 unspecified atom stereocenters. The predicted octanol–water partition coefficient (Wildman–Crippen LogP) is 12.0. The highest BCUT2D eigenvalue weighted by Gasteiger charge is 2.43. The van der Waals surface area contributed by atoms with Gasteiger partial charge in [-0.25, -0.2) is 14.6 Å². The van der Waals surface area contributed by atoms with E-state index in [4.69, 9.17) is 22.8 Å². The first kappa shape index (κ1) is 75.7. The summed E-state index contributed by atoms with van der Waals surface area (Å²) in [5.41, 5.74) is 0. The monoisotopic (exact) mass is 1270 g/mol. The molecule has 6 aromatic rings. The fraction of sp³-hybridized carbons (Fsp3) is 0.375. The van der Waals surface area contributed by atoms with Gasteiger partial charge in [-0.3, -0.25) is 0 Å². The topological polar surface area (TPSA) is 205 Å². The number of isocyanates is 1. The second-order valence-corrected chi connectivity index (χ2v) is 29.4. The SMILES string of the molecule is CCC(O)C(F)(F)C(=O)[O-].CCO[Si](C)(CCCN=C=O)OCC.CCO[Si](C)(CCCNC(=O)OC(CC)C(F)(F)C(=O)[O-])OCC.c1ccc([S+](c2ccccc2)c2ccccc2)cc1.c1ccc([S+](c2ccccc2)c2ccccc2)cc1. The molecule has 0 spiro atoms. The molecular formula is C64H82F4N2O12S2Si2. The van der Waals surface area contributed by atoms with Gasteiger partial charge in [0.2, 0.25) is 6.08 Å². The number of aliphatic hydroxyl groups excluding tert-OH is 1. The lowest BCUT2D eigenvalue weighted by Gasteiger charge is -2.27. The quantitative estimate of drug-likeness (QED) is 0.0112. The van der Waals surface area contributed by atoms with E-state index in [2.05, 4.69) is 197 Å². The molecule has 0 radical (unpaired) electrons. The van der Waals surface area contributed by atoms with Crippen LogP contribution in [0, 0.1) is 0 Å². The number of hydrogen-bond acceptors (Lipinski definition) is 13. The number of aliphatic carboxylic acids is 2. The van der Waals surface area contributed by atoms with Crippen LogP contribution in [0.1, 0.15) is 67.2 Å². The van der Waals surface area contributed by atoms with Crippen LogP contribution in [0.3, 0.4) is 0 Å². The summed E-state index contributed by atoms with van der Waals surface area (Å²) in [5, 5.41) is 30.7. The second-order valence-electron chi connectivity index (χ2n) is 18.6. The number of amides is 1. The fourth-order valence-corrected chi connectivity index (χ4v) is 17.0. The number of hydrogen-bond donors (Lipinski definition) is 2. The van der Waals surface area contributed by atoms with Gasteiger partial charge in [-0.15, -0.1) is 0 Å². The average Bonchev–Trinajstić information content (AvgIpc) is 3.48. The highest BCUT2D eigenvalue weighted by atomic mass is 32.2. The molecule has 0 heterocycles. The van der Waals surface area contributed by atoms with Crippen LogP contribution in [0.4, 0.5) is 22.4 Å². The number of carbonyl (C=O) groups excluding carboxylic acids is 4. The maximum Gasteiger partial charge on any atom is 0.407 e. The first-order valence-corrected chi connectivity index (χ1v) is 35.8. The van der Waals surface area contributed by atoms with Crippen molar-refractivity contribution in [2.24, 2.45) is 4.99 Å². The molecule has 0 bridgehead atoms. The number of alkyl halides is 4. The van der Waals surface area contributed by atoms with E-state index in [-0.39, 0.29) is 41.2 Å². The molecular weight excluding hydrogens is 1190 g/mol. The molecule has 0 saturated heterocycles. The molecule has 0 aromatic heterocycles. The van der Waals surface area contributed by atoms with E-state index < -0.39 is 59.2 Å². The summed E-state index contributed by atoms with van der Waals surface area (Å²) in [7, 11) is -4.32. The number of aliphatic imine (C=N–C) groups is 1. The molecule has 0 fully saturated rings. The van der Waals surface area contributed by atoms with E-state index in [1.165, 1.54) is 49.3 Å². The zero-order chi connectivity index (χ0) is 63.9. The Bertz CT molecular complexity index is 2510. The van der Waals surface area contributed by atoms with E-state index >= 15 is 0 Å². The molecule has 0 aliphatic carbocycles. The van der Waals surface area contributed by atoms with Crippen LogP contribution in [-0.4, -0.2) is 110 Å². The Labute approximate surface area is 512 Å². The number of halogens is 4. The number of nitrogens with one attached hydrogen (secondary N) is 1. The first-order chi connectivity index (χ1) is 41.1. The summed E-state index contributed by atoms with van der Waals surface area (Å²) < 4.78 is 77.6. The third kappa shape index (κ3) is 27.5. The molecule has 0 aliphatic rings. The largest absolute Gasteiger partial charge is 0.544 e. The predicted molar refractivity (Wildman–Crippen MR) is 329 cm³/mol. The minimum atomic E-state index is -4.23. The zero-order valence-electron chi connectivity index (χ0n) is 50.2. The summed E-state index contributed by atoms with van der Waals surface area (Å²) in [6.45, 7) is 17.3. The van der Waals surface area contributed by atoms with E-state index in [0.717, 1.165) is 12.5 Å². The Morgan fingerprint density at radius 3 is 1.05 bits per heavy atom. The van der Waals surface area contributed by atoms with Crippen molar-refractivity contribution in [3.63, 3.8) is 0 Å². The van der Waals surface area contributed by atoms with Crippen LogP contribution in [0.15, 0.2) is 216 Å². The Balaban J connectivity index is 0.000000376. The lowest BCUT2D eigenvalue weighted by atomic mass is 10.1. The number of carbonyl (C=O) groups is 3. The van der Waals surface area contributed by atoms with Crippen molar-refractivity contribution in [2.45, 2.75) is 146 Å². The number of nitrogens with zero attached hydrogens (tertiary/aromatic N) is 1. The Morgan fingerprint density at radius 2 is 0.814 bits per heavy atom. The smallest absolute Gasteiger partial charge is 0.407 e. The maximum atomic E-state index is 13.3. The van der Waals surface area contributed by atoms with Crippen LogP contribution in [0.25, 0.3) is 0 Å². The summed E-state index contributed by atoms with van der Waals surface area (Å²) in [6, 6.07) is 65.8. The van der Waals surface area contributed by atoms with Gasteiger partial charge >= 0.3 is 35.1 Å². The van der Waals surface area contributed by atoms with Gasteiger partial charge in [0.25, 0.3) is 0 Å². The van der Waals surface area contributed by atoms with Crippen LogP contribution in [0.2, 0.25) is 25.2 Å².